The average molecular weight is 295 g/mol. The zero-order valence-electron chi connectivity index (χ0n) is 9.49. The molecule has 2 unspecified atom stereocenters. The second-order valence-corrected chi connectivity index (χ2v) is 5.37. The van der Waals surface area contributed by atoms with E-state index in [1.54, 1.807) is 6.07 Å². The molecule has 1 aliphatic rings. The Balaban J connectivity index is 1.91. The molecule has 0 spiro atoms. The molecular weight excluding hydrogens is 280 g/mol. The van der Waals surface area contributed by atoms with Crippen molar-refractivity contribution in [3.8, 4) is 6.07 Å². The number of nitrogens with one attached hydrogen (secondary N) is 1. The van der Waals surface area contributed by atoms with Gasteiger partial charge in [-0.3, -0.25) is 0 Å². The second kappa shape index (κ2) is 5.52. The van der Waals surface area contributed by atoms with Crippen molar-refractivity contribution in [1.82, 2.24) is 0 Å². The Morgan fingerprint density at radius 2 is 2.29 bits per heavy atom. The van der Waals surface area contributed by atoms with E-state index in [0.29, 0.717) is 11.5 Å². The summed E-state index contributed by atoms with van der Waals surface area (Å²) in [4.78, 5) is 0. The summed E-state index contributed by atoms with van der Waals surface area (Å²) in [5, 5.41) is 21.6. The smallest absolute Gasteiger partial charge is 0.100 e. The Hall–Kier alpha value is -1.05. The van der Waals surface area contributed by atoms with E-state index in [9.17, 15) is 5.11 Å². The highest BCUT2D eigenvalue weighted by Gasteiger charge is 2.22. The number of rotatable bonds is 3. The van der Waals surface area contributed by atoms with E-state index >= 15 is 0 Å². The van der Waals surface area contributed by atoms with E-state index in [4.69, 9.17) is 5.26 Å². The van der Waals surface area contributed by atoms with Gasteiger partial charge in [0.2, 0.25) is 0 Å². The lowest BCUT2D eigenvalue weighted by molar-refractivity contribution is 0.178. The number of anilines is 1. The Morgan fingerprint density at radius 3 is 2.88 bits per heavy atom. The van der Waals surface area contributed by atoms with E-state index in [2.05, 4.69) is 27.3 Å². The summed E-state index contributed by atoms with van der Waals surface area (Å²) in [6, 6.07) is 7.75. The van der Waals surface area contributed by atoms with E-state index in [1.165, 1.54) is 0 Å². The SMILES string of the molecule is N#Cc1ccc(NCC2CCC(O)C2)cc1Br. The van der Waals surface area contributed by atoms with Crippen LogP contribution in [0.3, 0.4) is 0 Å². The number of aliphatic hydroxyl groups is 1. The largest absolute Gasteiger partial charge is 0.393 e. The van der Waals surface area contributed by atoms with Crippen molar-refractivity contribution < 1.29 is 5.11 Å². The third kappa shape index (κ3) is 3.21. The molecule has 3 nitrogen and oxygen atoms in total. The molecular formula is C13H15BrN2O. The molecule has 0 amide bonds. The van der Waals surface area contributed by atoms with Crippen molar-refractivity contribution in [1.29, 1.82) is 5.26 Å². The number of halogens is 1. The van der Waals surface area contributed by atoms with Crippen LogP contribution in [0.5, 0.6) is 0 Å². The zero-order chi connectivity index (χ0) is 12.3. The lowest BCUT2D eigenvalue weighted by Crippen LogP contribution is -2.12. The van der Waals surface area contributed by atoms with E-state index < -0.39 is 0 Å². The predicted molar refractivity (Wildman–Crippen MR) is 70.7 cm³/mol. The van der Waals surface area contributed by atoms with Crippen molar-refractivity contribution in [2.45, 2.75) is 25.4 Å². The number of nitrogens with zero attached hydrogens (tertiary/aromatic N) is 1. The second-order valence-electron chi connectivity index (χ2n) is 4.52. The quantitative estimate of drug-likeness (QED) is 0.901. The van der Waals surface area contributed by atoms with Gasteiger partial charge in [-0.2, -0.15) is 5.26 Å². The van der Waals surface area contributed by atoms with Gasteiger partial charge in [0.05, 0.1) is 11.7 Å². The van der Waals surface area contributed by atoms with Gasteiger partial charge in [0.1, 0.15) is 6.07 Å². The van der Waals surface area contributed by atoms with Gasteiger partial charge in [0.25, 0.3) is 0 Å². The lowest BCUT2D eigenvalue weighted by Gasteiger charge is -2.12. The van der Waals surface area contributed by atoms with Gasteiger partial charge >= 0.3 is 0 Å². The van der Waals surface area contributed by atoms with Crippen LogP contribution < -0.4 is 5.32 Å². The first-order valence-corrected chi connectivity index (χ1v) is 6.60. The fraction of sp³-hybridized carbons (Fsp3) is 0.462. The Kier molecular flexibility index (Phi) is 4.03. The summed E-state index contributed by atoms with van der Waals surface area (Å²) < 4.78 is 0.816. The van der Waals surface area contributed by atoms with Crippen molar-refractivity contribution in [3.05, 3.63) is 28.2 Å². The monoisotopic (exact) mass is 294 g/mol. The van der Waals surface area contributed by atoms with Crippen LogP contribution >= 0.6 is 15.9 Å². The molecule has 90 valence electrons. The topological polar surface area (TPSA) is 56.0 Å². The summed E-state index contributed by atoms with van der Waals surface area (Å²) in [5.41, 5.74) is 1.66. The Labute approximate surface area is 110 Å². The molecule has 2 N–H and O–H groups in total. The molecule has 2 rings (SSSR count). The normalized spacial score (nSPS) is 23.4. The molecule has 1 aromatic rings. The van der Waals surface area contributed by atoms with E-state index in [0.717, 1.165) is 36.0 Å². The highest BCUT2D eigenvalue weighted by Crippen LogP contribution is 2.26. The van der Waals surface area contributed by atoms with Gasteiger partial charge < -0.3 is 10.4 Å². The first kappa shape index (κ1) is 12.4. The highest BCUT2D eigenvalue weighted by atomic mass is 79.9. The maximum atomic E-state index is 9.44. The number of hydrogen-bond donors (Lipinski definition) is 2. The van der Waals surface area contributed by atoms with Crippen LogP contribution in [-0.2, 0) is 0 Å². The van der Waals surface area contributed by atoms with Gasteiger partial charge in [0.15, 0.2) is 0 Å². The van der Waals surface area contributed by atoms with Crippen LogP contribution in [0, 0.1) is 17.2 Å². The van der Waals surface area contributed by atoms with Gasteiger partial charge in [0, 0.05) is 16.7 Å². The number of aliphatic hydroxyl groups excluding tert-OH is 1. The number of nitriles is 1. The molecule has 1 saturated carbocycles. The molecule has 0 bridgehead atoms. The minimum Gasteiger partial charge on any atom is -0.393 e. The summed E-state index contributed by atoms with van der Waals surface area (Å²) in [5.74, 6) is 0.555. The molecule has 4 heteroatoms. The molecule has 1 aromatic carbocycles. The van der Waals surface area contributed by atoms with Gasteiger partial charge in [-0.15, -0.1) is 0 Å². The van der Waals surface area contributed by atoms with Crippen molar-refractivity contribution in [2.75, 3.05) is 11.9 Å². The average Bonchev–Trinajstić information content (AvgIpc) is 2.73. The third-order valence-electron chi connectivity index (χ3n) is 3.20. The Morgan fingerprint density at radius 1 is 1.47 bits per heavy atom. The predicted octanol–water partition coefficient (Wildman–Crippen LogP) is 2.89. The zero-order valence-corrected chi connectivity index (χ0v) is 11.1. The van der Waals surface area contributed by atoms with E-state index in [-0.39, 0.29) is 6.10 Å². The number of hydrogen-bond acceptors (Lipinski definition) is 3. The molecule has 17 heavy (non-hydrogen) atoms. The standard InChI is InChI=1S/C13H15BrN2O/c14-13-6-11(3-2-10(13)7-15)16-8-9-1-4-12(17)5-9/h2-3,6,9,12,16-17H,1,4-5,8H2. The van der Waals surface area contributed by atoms with Gasteiger partial charge in [-0.25, -0.2) is 0 Å². The first-order chi connectivity index (χ1) is 8.19. The third-order valence-corrected chi connectivity index (χ3v) is 3.85. The molecule has 2 atom stereocenters. The summed E-state index contributed by atoms with van der Waals surface area (Å²) >= 11 is 3.37. The first-order valence-electron chi connectivity index (χ1n) is 5.80. The lowest BCUT2D eigenvalue weighted by atomic mass is 10.1. The number of benzene rings is 1. The summed E-state index contributed by atoms with van der Waals surface area (Å²) in [6.45, 7) is 0.884. The molecule has 0 aliphatic heterocycles. The minimum absolute atomic E-state index is 0.116. The molecule has 0 aromatic heterocycles. The van der Waals surface area contributed by atoms with Crippen LogP contribution in [0.1, 0.15) is 24.8 Å². The fourth-order valence-corrected chi connectivity index (χ4v) is 2.68. The minimum atomic E-state index is -0.116. The van der Waals surface area contributed by atoms with Crippen LogP contribution in [0.25, 0.3) is 0 Å². The Bertz CT molecular complexity index is 442. The van der Waals surface area contributed by atoms with Crippen molar-refractivity contribution in [3.63, 3.8) is 0 Å². The fourth-order valence-electron chi connectivity index (χ4n) is 2.21. The molecule has 0 saturated heterocycles. The maximum absolute atomic E-state index is 9.44. The van der Waals surface area contributed by atoms with Gasteiger partial charge in [-0.1, -0.05) is 0 Å². The van der Waals surface area contributed by atoms with Crippen LogP contribution in [0.4, 0.5) is 5.69 Å². The molecule has 1 fully saturated rings. The van der Waals surface area contributed by atoms with Crippen LogP contribution in [-0.4, -0.2) is 17.8 Å². The van der Waals surface area contributed by atoms with Crippen LogP contribution in [0.15, 0.2) is 22.7 Å². The van der Waals surface area contributed by atoms with E-state index in [1.807, 2.05) is 12.1 Å². The summed E-state index contributed by atoms with van der Waals surface area (Å²) in [6.07, 6.45) is 2.79. The van der Waals surface area contributed by atoms with Crippen LogP contribution in [0.2, 0.25) is 0 Å². The summed E-state index contributed by atoms with van der Waals surface area (Å²) in [7, 11) is 0. The van der Waals surface area contributed by atoms with Crippen molar-refractivity contribution >= 4 is 21.6 Å². The van der Waals surface area contributed by atoms with Gasteiger partial charge in [-0.05, 0) is 59.3 Å². The van der Waals surface area contributed by atoms with Crippen molar-refractivity contribution in [2.24, 2.45) is 5.92 Å². The highest BCUT2D eigenvalue weighted by molar-refractivity contribution is 9.10. The maximum Gasteiger partial charge on any atom is 0.100 e. The molecule has 1 aliphatic carbocycles. The molecule has 0 radical (unpaired) electrons. The molecule has 0 heterocycles.